The van der Waals surface area contributed by atoms with Gasteiger partial charge in [-0.1, -0.05) is 12.1 Å². The van der Waals surface area contributed by atoms with E-state index in [9.17, 15) is 4.79 Å². The maximum absolute atomic E-state index is 11.8. The third kappa shape index (κ3) is 4.31. The molecule has 0 radical (unpaired) electrons. The number of benzene rings is 1. The largest absolute Gasteiger partial charge is 0.497 e. The minimum Gasteiger partial charge on any atom is -0.497 e. The molecular formula is C18H15NO3S2. The van der Waals surface area contributed by atoms with Crippen LogP contribution in [0.1, 0.15) is 11.3 Å². The quantitative estimate of drug-likeness (QED) is 0.476. The number of ether oxygens (including phenoxy) is 2. The molecule has 0 aliphatic carbocycles. The summed E-state index contributed by atoms with van der Waals surface area (Å²) in [4.78, 5) is 16.3. The summed E-state index contributed by atoms with van der Waals surface area (Å²) >= 11 is 3.18. The first-order valence-corrected chi connectivity index (χ1v) is 9.03. The fraction of sp³-hybridized carbons (Fsp3) is 0.111. The topological polar surface area (TPSA) is 48.4 Å². The van der Waals surface area contributed by atoms with Gasteiger partial charge in [-0.05, 0) is 35.2 Å². The van der Waals surface area contributed by atoms with Crippen molar-refractivity contribution < 1.29 is 14.3 Å². The number of methoxy groups -OCH3 is 1. The molecule has 0 atom stereocenters. The van der Waals surface area contributed by atoms with Crippen molar-refractivity contribution in [3.63, 3.8) is 0 Å². The van der Waals surface area contributed by atoms with Gasteiger partial charge in [0, 0.05) is 22.4 Å². The molecule has 24 heavy (non-hydrogen) atoms. The third-order valence-corrected chi connectivity index (χ3v) is 4.83. The number of esters is 1. The van der Waals surface area contributed by atoms with Crippen LogP contribution in [0.3, 0.4) is 0 Å². The lowest BCUT2D eigenvalue weighted by molar-refractivity contribution is -0.139. The Balaban J connectivity index is 1.52. The van der Waals surface area contributed by atoms with Gasteiger partial charge in [0.1, 0.15) is 17.4 Å². The number of thiazole rings is 1. The van der Waals surface area contributed by atoms with Crippen LogP contribution in [0.4, 0.5) is 0 Å². The maximum Gasteiger partial charge on any atom is 0.331 e. The first-order valence-electron chi connectivity index (χ1n) is 7.20. The first-order chi connectivity index (χ1) is 11.7. The number of rotatable bonds is 6. The van der Waals surface area contributed by atoms with Crippen LogP contribution in [-0.4, -0.2) is 18.1 Å². The molecule has 2 heterocycles. The molecule has 0 bridgehead atoms. The number of hydrogen-bond donors (Lipinski definition) is 0. The van der Waals surface area contributed by atoms with Crippen molar-refractivity contribution in [2.45, 2.75) is 6.61 Å². The smallest absolute Gasteiger partial charge is 0.331 e. The Hall–Kier alpha value is -2.44. The van der Waals surface area contributed by atoms with Gasteiger partial charge in [0.2, 0.25) is 0 Å². The molecule has 2 aromatic heterocycles. The first kappa shape index (κ1) is 16.4. The Kier molecular flexibility index (Phi) is 5.40. The van der Waals surface area contributed by atoms with E-state index in [2.05, 4.69) is 4.98 Å². The van der Waals surface area contributed by atoms with Gasteiger partial charge >= 0.3 is 5.97 Å². The maximum atomic E-state index is 11.8. The fourth-order valence-electron chi connectivity index (χ4n) is 1.96. The van der Waals surface area contributed by atoms with E-state index in [1.807, 2.05) is 46.5 Å². The predicted octanol–water partition coefficient (Wildman–Crippen LogP) is 4.64. The molecule has 122 valence electrons. The number of thiophene rings is 1. The highest BCUT2D eigenvalue weighted by molar-refractivity contribution is 7.14. The monoisotopic (exact) mass is 357 g/mol. The lowest BCUT2D eigenvalue weighted by atomic mass is 10.2. The molecule has 0 saturated carbocycles. The summed E-state index contributed by atoms with van der Waals surface area (Å²) in [5, 5.41) is 6.91. The lowest BCUT2D eigenvalue weighted by Gasteiger charge is -2.00. The summed E-state index contributed by atoms with van der Waals surface area (Å²) in [5.41, 5.74) is 2.76. The Labute approximate surface area is 148 Å². The third-order valence-electron chi connectivity index (χ3n) is 3.21. The fourth-order valence-corrected chi connectivity index (χ4v) is 3.48. The highest BCUT2D eigenvalue weighted by atomic mass is 32.1. The van der Waals surface area contributed by atoms with Crippen LogP contribution in [0.15, 0.2) is 52.5 Å². The zero-order valence-electron chi connectivity index (χ0n) is 13.0. The van der Waals surface area contributed by atoms with E-state index in [0.29, 0.717) is 0 Å². The number of hydrogen-bond acceptors (Lipinski definition) is 6. The van der Waals surface area contributed by atoms with Gasteiger partial charge in [-0.2, -0.15) is 11.3 Å². The van der Waals surface area contributed by atoms with Crippen molar-refractivity contribution in [3.05, 3.63) is 63.8 Å². The van der Waals surface area contributed by atoms with E-state index < -0.39 is 5.97 Å². The zero-order chi connectivity index (χ0) is 16.8. The van der Waals surface area contributed by atoms with Crippen LogP contribution in [0, 0.1) is 0 Å². The molecular weight excluding hydrogens is 342 g/mol. The van der Waals surface area contributed by atoms with E-state index in [1.165, 1.54) is 6.08 Å². The Morgan fingerprint density at radius 1 is 1.21 bits per heavy atom. The van der Waals surface area contributed by atoms with Crippen LogP contribution in [0.25, 0.3) is 16.6 Å². The highest BCUT2D eigenvalue weighted by Crippen LogP contribution is 2.25. The molecule has 0 saturated heterocycles. The van der Waals surface area contributed by atoms with E-state index in [-0.39, 0.29) is 6.61 Å². The minimum atomic E-state index is -0.393. The van der Waals surface area contributed by atoms with Crippen molar-refractivity contribution in [1.29, 1.82) is 0 Å². The number of aromatic nitrogens is 1. The normalized spacial score (nSPS) is 10.9. The van der Waals surface area contributed by atoms with E-state index >= 15 is 0 Å². The Bertz CT molecular complexity index is 820. The van der Waals surface area contributed by atoms with Crippen LogP contribution < -0.4 is 4.74 Å². The second-order valence-corrected chi connectivity index (χ2v) is 6.51. The van der Waals surface area contributed by atoms with Crippen molar-refractivity contribution in [2.75, 3.05) is 7.11 Å². The standard InChI is InChI=1S/C18H15NO3S2/c1-21-16-5-2-13(3-6-16)4-7-17(20)22-10-15-12-24-18(19-15)14-8-9-23-11-14/h2-9,11-12H,10H2,1H3/b7-4+. The van der Waals surface area contributed by atoms with Gasteiger partial charge in [0.25, 0.3) is 0 Å². The Morgan fingerprint density at radius 3 is 2.75 bits per heavy atom. The molecule has 3 rings (SSSR count). The second-order valence-electron chi connectivity index (χ2n) is 4.87. The predicted molar refractivity (Wildman–Crippen MR) is 97.3 cm³/mol. The van der Waals surface area contributed by atoms with E-state index in [4.69, 9.17) is 9.47 Å². The number of carbonyl (C=O) groups excluding carboxylic acids is 1. The molecule has 0 spiro atoms. The van der Waals surface area contributed by atoms with Gasteiger partial charge in [0.15, 0.2) is 0 Å². The van der Waals surface area contributed by atoms with Crippen molar-refractivity contribution in [3.8, 4) is 16.3 Å². The SMILES string of the molecule is COc1ccc(/C=C/C(=O)OCc2csc(-c3ccsc3)n2)cc1. The molecule has 0 aliphatic heterocycles. The molecule has 0 aliphatic rings. The molecule has 0 fully saturated rings. The van der Waals surface area contributed by atoms with E-state index in [1.54, 1.807) is 35.9 Å². The van der Waals surface area contributed by atoms with Gasteiger partial charge in [-0.25, -0.2) is 9.78 Å². The summed E-state index contributed by atoms with van der Waals surface area (Å²) < 4.78 is 10.3. The van der Waals surface area contributed by atoms with Crippen molar-refractivity contribution >= 4 is 34.7 Å². The molecule has 6 heteroatoms. The summed E-state index contributed by atoms with van der Waals surface area (Å²) in [7, 11) is 1.62. The van der Waals surface area contributed by atoms with Crippen molar-refractivity contribution in [1.82, 2.24) is 4.98 Å². The zero-order valence-corrected chi connectivity index (χ0v) is 14.6. The second kappa shape index (κ2) is 7.90. The molecule has 0 amide bonds. The van der Waals surface area contributed by atoms with Gasteiger partial charge in [-0.3, -0.25) is 0 Å². The van der Waals surface area contributed by atoms with Crippen LogP contribution in [0.2, 0.25) is 0 Å². The number of nitrogens with zero attached hydrogens (tertiary/aromatic N) is 1. The van der Waals surface area contributed by atoms with Crippen LogP contribution in [0.5, 0.6) is 5.75 Å². The lowest BCUT2D eigenvalue weighted by Crippen LogP contribution is -2.00. The Morgan fingerprint density at radius 2 is 2.04 bits per heavy atom. The summed E-state index contributed by atoms with van der Waals surface area (Å²) in [6.07, 6.45) is 3.12. The molecule has 3 aromatic rings. The molecule has 1 aromatic carbocycles. The van der Waals surface area contributed by atoms with Crippen LogP contribution in [-0.2, 0) is 16.1 Å². The van der Waals surface area contributed by atoms with E-state index in [0.717, 1.165) is 27.6 Å². The molecule has 0 N–H and O–H groups in total. The summed E-state index contributed by atoms with van der Waals surface area (Å²) in [6.45, 7) is 0.173. The number of carbonyl (C=O) groups is 1. The molecule has 4 nitrogen and oxygen atoms in total. The van der Waals surface area contributed by atoms with Crippen molar-refractivity contribution in [2.24, 2.45) is 0 Å². The van der Waals surface area contributed by atoms with Crippen LogP contribution >= 0.6 is 22.7 Å². The summed E-state index contributed by atoms with van der Waals surface area (Å²) in [6, 6.07) is 9.45. The van der Waals surface area contributed by atoms with Gasteiger partial charge in [-0.15, -0.1) is 11.3 Å². The van der Waals surface area contributed by atoms with Gasteiger partial charge < -0.3 is 9.47 Å². The average molecular weight is 357 g/mol. The minimum absolute atomic E-state index is 0.173. The molecule has 0 unspecified atom stereocenters. The average Bonchev–Trinajstić information content (AvgIpc) is 3.29. The summed E-state index contributed by atoms with van der Waals surface area (Å²) in [5.74, 6) is 0.385. The van der Waals surface area contributed by atoms with Gasteiger partial charge in [0.05, 0.1) is 12.8 Å². The highest BCUT2D eigenvalue weighted by Gasteiger charge is 2.06.